The first-order valence-corrected chi connectivity index (χ1v) is 5.82. The summed E-state index contributed by atoms with van der Waals surface area (Å²) in [4.78, 5) is 4.35. The molecule has 0 atom stereocenters. The lowest BCUT2D eigenvalue weighted by Crippen LogP contribution is -2.29. The molecule has 1 N–H and O–H groups in total. The van der Waals surface area contributed by atoms with Gasteiger partial charge in [-0.15, -0.1) is 0 Å². The van der Waals surface area contributed by atoms with Crippen molar-refractivity contribution in [1.29, 1.82) is 0 Å². The molecule has 5 nitrogen and oxygen atoms in total. The molecule has 0 spiro atoms. The molecular weight excluding hydrogens is 206 g/mol. The number of nitrogens with zero attached hydrogens (tertiary/aromatic N) is 2. The van der Waals surface area contributed by atoms with Gasteiger partial charge in [0.15, 0.2) is 5.82 Å². The quantitative estimate of drug-likeness (QED) is 0.840. The van der Waals surface area contributed by atoms with Gasteiger partial charge in [-0.25, -0.2) is 0 Å². The number of hydrogen-bond donors (Lipinski definition) is 1. The molecule has 5 heteroatoms. The molecule has 0 saturated heterocycles. The predicted molar refractivity (Wildman–Crippen MR) is 59.1 cm³/mol. The third-order valence-electron chi connectivity index (χ3n) is 3.24. The smallest absolute Gasteiger partial charge is 0.229 e. The first-order valence-electron chi connectivity index (χ1n) is 5.82. The van der Waals surface area contributed by atoms with Crippen molar-refractivity contribution in [3.8, 4) is 0 Å². The van der Waals surface area contributed by atoms with Crippen LogP contribution < -0.4 is 5.32 Å². The van der Waals surface area contributed by atoms with Crippen LogP contribution in [0.1, 0.15) is 43.3 Å². The fraction of sp³-hybridized carbons (Fsp3) is 0.818. The van der Waals surface area contributed by atoms with Crippen molar-refractivity contribution in [2.75, 3.05) is 14.2 Å². The molecule has 1 aromatic heterocycles. The van der Waals surface area contributed by atoms with Crippen molar-refractivity contribution in [3.05, 3.63) is 11.7 Å². The van der Waals surface area contributed by atoms with Crippen molar-refractivity contribution < 1.29 is 9.26 Å². The Morgan fingerprint density at radius 1 is 1.38 bits per heavy atom. The minimum atomic E-state index is 0.426. The summed E-state index contributed by atoms with van der Waals surface area (Å²) in [6.45, 7) is 0.426. The van der Waals surface area contributed by atoms with Crippen LogP contribution in [0.15, 0.2) is 4.52 Å². The van der Waals surface area contributed by atoms with Gasteiger partial charge in [0.25, 0.3) is 0 Å². The Balaban J connectivity index is 1.92. The summed E-state index contributed by atoms with van der Waals surface area (Å²) in [5.74, 6) is 1.86. The van der Waals surface area contributed by atoms with Crippen LogP contribution in [0.5, 0.6) is 0 Å². The van der Waals surface area contributed by atoms with Gasteiger partial charge >= 0.3 is 0 Å². The van der Waals surface area contributed by atoms with Crippen LogP contribution >= 0.6 is 0 Å². The van der Waals surface area contributed by atoms with E-state index in [1.807, 2.05) is 7.05 Å². The van der Waals surface area contributed by atoms with Crippen LogP contribution in [0, 0.1) is 0 Å². The van der Waals surface area contributed by atoms with Crippen molar-refractivity contribution in [1.82, 2.24) is 15.5 Å². The topological polar surface area (TPSA) is 60.2 Å². The van der Waals surface area contributed by atoms with Gasteiger partial charge < -0.3 is 14.6 Å². The second kappa shape index (κ2) is 5.41. The lowest BCUT2D eigenvalue weighted by molar-refractivity contribution is 0.174. The van der Waals surface area contributed by atoms with E-state index in [0.717, 1.165) is 18.7 Å². The molecule has 16 heavy (non-hydrogen) atoms. The first kappa shape index (κ1) is 11.5. The Kier molecular flexibility index (Phi) is 3.90. The van der Waals surface area contributed by atoms with Crippen molar-refractivity contribution >= 4 is 0 Å². The maximum Gasteiger partial charge on any atom is 0.229 e. The number of hydrogen-bond acceptors (Lipinski definition) is 5. The van der Waals surface area contributed by atoms with E-state index in [1.165, 1.54) is 12.8 Å². The molecule has 1 fully saturated rings. The van der Waals surface area contributed by atoms with Gasteiger partial charge in [0.2, 0.25) is 5.89 Å². The van der Waals surface area contributed by atoms with Gasteiger partial charge in [-0.05, 0) is 32.7 Å². The SMILES string of the molecule is CNC1CCC(c2nc(COC)no2)CC1. The minimum Gasteiger partial charge on any atom is -0.377 e. The van der Waals surface area contributed by atoms with Crippen LogP contribution in [0.2, 0.25) is 0 Å². The molecule has 1 aliphatic carbocycles. The number of nitrogens with one attached hydrogen (secondary N) is 1. The van der Waals surface area contributed by atoms with Crippen molar-refractivity contribution in [3.63, 3.8) is 0 Å². The zero-order chi connectivity index (χ0) is 11.4. The Morgan fingerprint density at radius 3 is 2.75 bits per heavy atom. The molecule has 1 heterocycles. The summed E-state index contributed by atoms with van der Waals surface area (Å²) in [6.07, 6.45) is 4.62. The van der Waals surface area contributed by atoms with Crippen molar-refractivity contribution in [2.24, 2.45) is 0 Å². The molecule has 1 aromatic rings. The van der Waals surface area contributed by atoms with E-state index in [2.05, 4.69) is 15.5 Å². The number of rotatable bonds is 4. The summed E-state index contributed by atoms with van der Waals surface area (Å²) >= 11 is 0. The third kappa shape index (κ3) is 2.59. The van der Waals surface area contributed by atoms with Crippen LogP contribution in [0.4, 0.5) is 0 Å². The van der Waals surface area contributed by atoms with Gasteiger partial charge in [0.1, 0.15) is 6.61 Å². The lowest BCUT2D eigenvalue weighted by atomic mass is 9.86. The zero-order valence-corrected chi connectivity index (χ0v) is 9.90. The largest absolute Gasteiger partial charge is 0.377 e. The van der Waals surface area contributed by atoms with Gasteiger partial charge in [0, 0.05) is 19.1 Å². The van der Waals surface area contributed by atoms with E-state index in [9.17, 15) is 0 Å². The normalized spacial score (nSPS) is 25.9. The number of methoxy groups -OCH3 is 1. The molecule has 2 rings (SSSR count). The summed E-state index contributed by atoms with van der Waals surface area (Å²) < 4.78 is 10.2. The summed E-state index contributed by atoms with van der Waals surface area (Å²) in [5.41, 5.74) is 0. The average molecular weight is 225 g/mol. The highest BCUT2D eigenvalue weighted by atomic mass is 16.5. The molecular formula is C11H19N3O2. The van der Waals surface area contributed by atoms with E-state index in [0.29, 0.717) is 24.4 Å². The van der Waals surface area contributed by atoms with Crippen LogP contribution in [-0.4, -0.2) is 30.3 Å². The highest BCUT2D eigenvalue weighted by Gasteiger charge is 2.25. The minimum absolute atomic E-state index is 0.426. The zero-order valence-electron chi connectivity index (χ0n) is 9.90. The maximum atomic E-state index is 5.26. The molecule has 0 aromatic carbocycles. The molecule has 1 saturated carbocycles. The molecule has 1 aliphatic rings. The van der Waals surface area contributed by atoms with E-state index >= 15 is 0 Å². The molecule has 0 aliphatic heterocycles. The summed E-state index contributed by atoms with van der Waals surface area (Å²) in [7, 11) is 3.66. The maximum absolute atomic E-state index is 5.26. The lowest BCUT2D eigenvalue weighted by Gasteiger charge is -2.25. The fourth-order valence-electron chi connectivity index (χ4n) is 2.25. The van der Waals surface area contributed by atoms with Crippen LogP contribution in [0.25, 0.3) is 0 Å². The van der Waals surface area contributed by atoms with E-state index in [-0.39, 0.29) is 0 Å². The highest BCUT2D eigenvalue weighted by Crippen LogP contribution is 2.31. The Hall–Kier alpha value is -0.940. The fourth-order valence-corrected chi connectivity index (χ4v) is 2.25. The van der Waals surface area contributed by atoms with Crippen molar-refractivity contribution in [2.45, 2.75) is 44.2 Å². The number of ether oxygens (including phenoxy) is 1. The summed E-state index contributed by atoms with van der Waals surface area (Å²) in [5, 5.41) is 7.21. The van der Waals surface area contributed by atoms with Crippen LogP contribution in [-0.2, 0) is 11.3 Å². The summed E-state index contributed by atoms with van der Waals surface area (Å²) in [6, 6.07) is 0.651. The standard InChI is InChI=1S/C11H19N3O2/c1-12-9-5-3-8(4-6-9)11-13-10(7-15-2)14-16-11/h8-9,12H,3-7H2,1-2H3. The van der Waals surface area contributed by atoms with Gasteiger partial charge in [-0.2, -0.15) is 4.98 Å². The molecule has 90 valence electrons. The van der Waals surface area contributed by atoms with Gasteiger partial charge in [0.05, 0.1) is 0 Å². The van der Waals surface area contributed by atoms with Gasteiger partial charge in [-0.3, -0.25) is 0 Å². The van der Waals surface area contributed by atoms with E-state index in [1.54, 1.807) is 7.11 Å². The Labute approximate surface area is 95.6 Å². The predicted octanol–water partition coefficient (Wildman–Crippen LogP) is 1.46. The first-order chi connectivity index (χ1) is 7.83. The second-order valence-electron chi connectivity index (χ2n) is 4.32. The Morgan fingerprint density at radius 2 is 2.12 bits per heavy atom. The van der Waals surface area contributed by atoms with Crippen LogP contribution in [0.3, 0.4) is 0 Å². The van der Waals surface area contributed by atoms with E-state index < -0.39 is 0 Å². The van der Waals surface area contributed by atoms with Gasteiger partial charge in [-0.1, -0.05) is 5.16 Å². The molecule has 0 bridgehead atoms. The molecule has 0 amide bonds. The highest BCUT2D eigenvalue weighted by molar-refractivity contribution is 4.96. The van der Waals surface area contributed by atoms with E-state index in [4.69, 9.17) is 9.26 Å². The third-order valence-corrected chi connectivity index (χ3v) is 3.24. The monoisotopic (exact) mass is 225 g/mol. The molecule has 0 radical (unpaired) electrons. The number of aromatic nitrogens is 2. The molecule has 0 unspecified atom stereocenters. The Bertz CT molecular complexity index is 319. The second-order valence-corrected chi connectivity index (χ2v) is 4.32. The average Bonchev–Trinajstić information content (AvgIpc) is 2.78.